The van der Waals surface area contributed by atoms with Gasteiger partial charge in [0.05, 0.1) is 16.8 Å². The van der Waals surface area contributed by atoms with E-state index >= 15 is 0 Å². The third kappa shape index (κ3) is 3.31. The Labute approximate surface area is 149 Å². The number of pyridine rings is 1. The highest BCUT2D eigenvalue weighted by atomic mass is 19.4. The monoisotopic (exact) mass is 365 g/mol. The molecule has 0 spiro atoms. The number of halogens is 3. The van der Waals surface area contributed by atoms with E-state index < -0.39 is 35.6 Å². The third-order valence-electron chi connectivity index (χ3n) is 4.89. The van der Waals surface area contributed by atoms with E-state index in [1.807, 2.05) is 27.7 Å². The molecule has 0 N–H and O–H groups in total. The van der Waals surface area contributed by atoms with Gasteiger partial charge in [0.1, 0.15) is 0 Å². The molecule has 138 valence electrons. The van der Waals surface area contributed by atoms with Crippen molar-refractivity contribution in [3.05, 3.63) is 58.5 Å². The Morgan fingerprint density at radius 3 is 2.15 bits per heavy atom. The van der Waals surface area contributed by atoms with E-state index in [2.05, 4.69) is 0 Å². The van der Waals surface area contributed by atoms with E-state index in [0.717, 1.165) is 16.7 Å². The van der Waals surface area contributed by atoms with Crippen LogP contribution in [0.5, 0.6) is 0 Å². The summed E-state index contributed by atoms with van der Waals surface area (Å²) in [5.74, 6) is 0. The van der Waals surface area contributed by atoms with Crippen LogP contribution in [0.25, 0.3) is 5.69 Å². The van der Waals surface area contributed by atoms with Gasteiger partial charge < -0.3 is 9.31 Å². The summed E-state index contributed by atoms with van der Waals surface area (Å²) in [6.07, 6.45) is -3.14. The maximum atomic E-state index is 13.4. The van der Waals surface area contributed by atoms with Crippen molar-refractivity contribution in [2.24, 2.45) is 0 Å². The standard InChI is InChI=1S/C18H19BF3NO3/c1-16(2)17(3,4)26-19(25-16)13-9-12(18(20,21)22)10-14(11-13)23-8-6-5-7-15(23)24/h5-11H,1-4H3. The maximum absolute atomic E-state index is 13.4. The quantitative estimate of drug-likeness (QED) is 0.768. The van der Waals surface area contributed by atoms with Crippen molar-refractivity contribution in [3.63, 3.8) is 0 Å². The summed E-state index contributed by atoms with van der Waals surface area (Å²) in [7, 11) is -0.958. The highest BCUT2D eigenvalue weighted by molar-refractivity contribution is 6.62. The molecule has 0 atom stereocenters. The van der Waals surface area contributed by atoms with Gasteiger partial charge in [0.25, 0.3) is 5.56 Å². The van der Waals surface area contributed by atoms with Crippen LogP contribution in [-0.2, 0) is 15.5 Å². The molecule has 8 heteroatoms. The summed E-state index contributed by atoms with van der Waals surface area (Å²) in [5, 5.41) is 0. The van der Waals surface area contributed by atoms with E-state index in [4.69, 9.17) is 9.31 Å². The average Bonchev–Trinajstić information content (AvgIpc) is 2.75. The Morgan fingerprint density at radius 1 is 1.00 bits per heavy atom. The van der Waals surface area contributed by atoms with Gasteiger partial charge in [-0.05, 0) is 51.4 Å². The first-order chi connectivity index (χ1) is 11.9. The van der Waals surface area contributed by atoms with Gasteiger partial charge in [0, 0.05) is 18.0 Å². The molecule has 0 aliphatic carbocycles. The number of hydrogen-bond acceptors (Lipinski definition) is 3. The molecule has 0 radical (unpaired) electrons. The smallest absolute Gasteiger partial charge is 0.399 e. The molecule has 0 unspecified atom stereocenters. The number of alkyl halides is 3. The summed E-state index contributed by atoms with van der Waals surface area (Å²) in [4.78, 5) is 12.0. The first-order valence-corrected chi connectivity index (χ1v) is 8.17. The molecule has 1 fully saturated rings. The zero-order valence-corrected chi connectivity index (χ0v) is 14.9. The molecule has 2 heterocycles. The van der Waals surface area contributed by atoms with E-state index in [-0.39, 0.29) is 11.2 Å². The topological polar surface area (TPSA) is 40.5 Å². The van der Waals surface area contributed by atoms with Crippen molar-refractivity contribution in [1.29, 1.82) is 0 Å². The lowest BCUT2D eigenvalue weighted by molar-refractivity contribution is -0.137. The fraction of sp³-hybridized carbons (Fsp3) is 0.389. The summed E-state index contributed by atoms with van der Waals surface area (Å²) in [5.41, 5.74) is -2.34. The summed E-state index contributed by atoms with van der Waals surface area (Å²) >= 11 is 0. The minimum atomic E-state index is -4.56. The fourth-order valence-corrected chi connectivity index (χ4v) is 2.69. The van der Waals surface area contributed by atoms with Crippen molar-refractivity contribution in [3.8, 4) is 5.69 Å². The normalized spacial score (nSPS) is 19.0. The molecular weight excluding hydrogens is 346 g/mol. The van der Waals surface area contributed by atoms with Gasteiger partial charge in [-0.2, -0.15) is 13.2 Å². The zero-order valence-electron chi connectivity index (χ0n) is 14.9. The first-order valence-electron chi connectivity index (χ1n) is 8.17. The Morgan fingerprint density at radius 2 is 1.62 bits per heavy atom. The largest absolute Gasteiger partial charge is 0.494 e. The lowest BCUT2D eigenvalue weighted by Gasteiger charge is -2.32. The van der Waals surface area contributed by atoms with Crippen LogP contribution in [0.15, 0.2) is 47.4 Å². The molecule has 1 aromatic carbocycles. The van der Waals surface area contributed by atoms with Crippen LogP contribution in [0.1, 0.15) is 33.3 Å². The van der Waals surface area contributed by atoms with Gasteiger partial charge in [-0.25, -0.2) is 0 Å². The summed E-state index contributed by atoms with van der Waals surface area (Å²) < 4.78 is 53.0. The minimum absolute atomic E-state index is 0.107. The van der Waals surface area contributed by atoms with Crippen molar-refractivity contribution in [2.45, 2.75) is 45.1 Å². The number of benzene rings is 1. The molecule has 0 saturated carbocycles. The van der Waals surface area contributed by atoms with Gasteiger partial charge in [0.2, 0.25) is 0 Å². The number of nitrogens with zero attached hydrogens (tertiary/aromatic N) is 1. The fourth-order valence-electron chi connectivity index (χ4n) is 2.69. The Hall–Kier alpha value is -2.06. The lowest BCUT2D eigenvalue weighted by Crippen LogP contribution is -2.41. The molecule has 1 aliphatic heterocycles. The van der Waals surface area contributed by atoms with Crippen molar-refractivity contribution in [2.75, 3.05) is 0 Å². The van der Waals surface area contributed by atoms with Crippen LogP contribution >= 0.6 is 0 Å². The van der Waals surface area contributed by atoms with Gasteiger partial charge in [-0.1, -0.05) is 12.1 Å². The van der Waals surface area contributed by atoms with E-state index in [0.29, 0.717) is 0 Å². The van der Waals surface area contributed by atoms with Gasteiger partial charge in [-0.15, -0.1) is 0 Å². The SMILES string of the molecule is CC1(C)OB(c2cc(-n3ccccc3=O)cc(C(F)(F)F)c2)OC1(C)C. The molecule has 0 amide bonds. The highest BCUT2D eigenvalue weighted by Gasteiger charge is 2.52. The van der Waals surface area contributed by atoms with Crippen LogP contribution in [0.2, 0.25) is 0 Å². The molecule has 0 bridgehead atoms. The van der Waals surface area contributed by atoms with Crippen LogP contribution in [0.4, 0.5) is 13.2 Å². The molecule has 2 aromatic rings. The molecular formula is C18H19BF3NO3. The van der Waals surface area contributed by atoms with Crippen LogP contribution in [-0.4, -0.2) is 22.9 Å². The molecule has 4 nitrogen and oxygen atoms in total. The Bertz CT molecular complexity index is 874. The van der Waals surface area contributed by atoms with Crippen LogP contribution in [0.3, 0.4) is 0 Å². The number of rotatable bonds is 2. The second kappa shape index (κ2) is 5.99. The molecule has 3 rings (SSSR count). The van der Waals surface area contributed by atoms with Crippen molar-refractivity contribution >= 4 is 12.6 Å². The second-order valence-corrected chi connectivity index (χ2v) is 7.31. The first kappa shape index (κ1) is 18.7. The van der Waals surface area contributed by atoms with Crippen LogP contribution in [0, 0.1) is 0 Å². The average molecular weight is 365 g/mol. The van der Waals surface area contributed by atoms with Crippen molar-refractivity contribution in [1.82, 2.24) is 4.57 Å². The van der Waals surface area contributed by atoms with E-state index in [1.165, 1.54) is 24.4 Å². The molecule has 1 aromatic heterocycles. The predicted molar refractivity (Wildman–Crippen MR) is 92.8 cm³/mol. The summed E-state index contributed by atoms with van der Waals surface area (Å²) in [6.45, 7) is 7.29. The van der Waals surface area contributed by atoms with Crippen LogP contribution < -0.4 is 11.0 Å². The molecule has 1 saturated heterocycles. The Kier molecular flexibility index (Phi) is 4.32. The minimum Gasteiger partial charge on any atom is -0.399 e. The second-order valence-electron chi connectivity index (χ2n) is 7.31. The molecule has 26 heavy (non-hydrogen) atoms. The molecule has 1 aliphatic rings. The van der Waals surface area contributed by atoms with E-state index in [9.17, 15) is 18.0 Å². The van der Waals surface area contributed by atoms with Gasteiger partial charge in [-0.3, -0.25) is 9.36 Å². The number of hydrogen-bond donors (Lipinski definition) is 0. The number of aromatic nitrogens is 1. The summed E-state index contributed by atoms with van der Waals surface area (Å²) in [6, 6.07) is 7.82. The third-order valence-corrected chi connectivity index (χ3v) is 4.89. The van der Waals surface area contributed by atoms with Gasteiger partial charge in [0.15, 0.2) is 0 Å². The highest BCUT2D eigenvalue weighted by Crippen LogP contribution is 2.37. The van der Waals surface area contributed by atoms with E-state index in [1.54, 1.807) is 6.07 Å². The lowest BCUT2D eigenvalue weighted by atomic mass is 9.78. The van der Waals surface area contributed by atoms with Crippen molar-refractivity contribution < 1.29 is 22.5 Å². The van der Waals surface area contributed by atoms with Gasteiger partial charge >= 0.3 is 13.3 Å². The predicted octanol–water partition coefficient (Wildman–Crippen LogP) is 3.16. The maximum Gasteiger partial charge on any atom is 0.494 e. The Balaban J connectivity index is 2.14. The zero-order chi connectivity index (χ0) is 19.3.